The maximum Gasteiger partial charge on any atom is 0.303 e. The number of halogens is 5. The molecule has 0 aromatic heterocycles. The van der Waals surface area contributed by atoms with Gasteiger partial charge in [-0.15, -0.1) is 0 Å². The Morgan fingerprint density at radius 3 is 1.85 bits per heavy atom. The molecule has 0 saturated heterocycles. The SMILES string of the molecule is O=C(O)CCCC1CCC(NC(=O)C2C(F)C(F)C(F)C(F)C2F)CC1. The van der Waals surface area contributed by atoms with Crippen LogP contribution < -0.4 is 5.32 Å². The highest BCUT2D eigenvalue weighted by Crippen LogP contribution is 2.36. The van der Waals surface area contributed by atoms with Gasteiger partial charge in [-0.05, 0) is 44.4 Å². The van der Waals surface area contributed by atoms with Gasteiger partial charge in [0.15, 0.2) is 18.5 Å². The van der Waals surface area contributed by atoms with Gasteiger partial charge in [-0.25, -0.2) is 22.0 Å². The van der Waals surface area contributed by atoms with Gasteiger partial charge < -0.3 is 10.4 Å². The first-order valence-electron chi connectivity index (χ1n) is 8.95. The first-order chi connectivity index (χ1) is 12.2. The zero-order valence-electron chi connectivity index (χ0n) is 14.2. The zero-order chi connectivity index (χ0) is 19.4. The van der Waals surface area contributed by atoms with Crippen LogP contribution in [0.1, 0.15) is 44.9 Å². The summed E-state index contributed by atoms with van der Waals surface area (Å²) in [7, 11) is 0. The Kier molecular flexibility index (Phi) is 7.23. The van der Waals surface area contributed by atoms with Crippen molar-refractivity contribution in [2.45, 2.75) is 81.8 Å². The fourth-order valence-corrected chi connectivity index (χ4v) is 3.82. The number of rotatable bonds is 6. The maximum atomic E-state index is 13.9. The summed E-state index contributed by atoms with van der Waals surface area (Å²) in [6.45, 7) is 0. The van der Waals surface area contributed by atoms with Crippen LogP contribution in [0.5, 0.6) is 0 Å². The summed E-state index contributed by atoms with van der Waals surface area (Å²) in [6.07, 6.45) is -10.2. The Labute approximate surface area is 148 Å². The molecule has 4 atom stereocenters. The molecule has 2 aliphatic carbocycles. The average Bonchev–Trinajstić information content (AvgIpc) is 2.59. The second-order valence-electron chi connectivity index (χ2n) is 7.26. The molecule has 150 valence electrons. The molecule has 0 aliphatic heterocycles. The molecule has 0 spiro atoms. The van der Waals surface area contributed by atoms with Crippen LogP contribution in [0, 0.1) is 11.8 Å². The lowest BCUT2D eigenvalue weighted by Crippen LogP contribution is -2.58. The van der Waals surface area contributed by atoms with Crippen LogP contribution in [-0.4, -0.2) is 53.9 Å². The summed E-state index contributed by atoms with van der Waals surface area (Å²) in [5.41, 5.74) is 0. The highest BCUT2D eigenvalue weighted by atomic mass is 19.2. The molecule has 4 unspecified atom stereocenters. The molecule has 2 rings (SSSR count). The normalized spacial score (nSPS) is 40.8. The van der Waals surface area contributed by atoms with E-state index in [0.29, 0.717) is 25.2 Å². The molecule has 2 aliphatic rings. The number of aliphatic carboxylic acids is 1. The summed E-state index contributed by atoms with van der Waals surface area (Å²) >= 11 is 0. The van der Waals surface area contributed by atoms with Crippen molar-refractivity contribution >= 4 is 11.9 Å². The Balaban J connectivity index is 1.82. The molecule has 2 N–H and O–H groups in total. The number of hydrogen-bond donors (Lipinski definition) is 2. The Morgan fingerprint density at radius 2 is 1.35 bits per heavy atom. The standard InChI is InChI=1S/C17H24F5NO3/c18-12-11(13(19)15(21)16(22)14(12)20)17(26)23-9-6-4-8(5-7-9)2-1-3-10(24)25/h8-9,11-16H,1-7H2,(H,23,26)(H,24,25). The van der Waals surface area contributed by atoms with E-state index in [-0.39, 0.29) is 12.5 Å². The molecular formula is C17H24F5NO3. The number of carboxylic acid groups (broad SMARTS) is 1. The number of carbonyl (C=O) groups is 2. The molecule has 0 aromatic rings. The lowest BCUT2D eigenvalue weighted by molar-refractivity contribution is -0.144. The van der Waals surface area contributed by atoms with Gasteiger partial charge >= 0.3 is 5.97 Å². The second kappa shape index (κ2) is 8.99. The predicted molar refractivity (Wildman–Crippen MR) is 83.3 cm³/mol. The minimum absolute atomic E-state index is 0.0957. The zero-order valence-corrected chi connectivity index (χ0v) is 14.2. The third-order valence-electron chi connectivity index (χ3n) is 5.40. The summed E-state index contributed by atoms with van der Waals surface area (Å²) in [5, 5.41) is 11.1. The number of carbonyl (C=O) groups excluding carboxylic acids is 1. The Bertz CT molecular complexity index is 485. The molecule has 4 nitrogen and oxygen atoms in total. The minimum Gasteiger partial charge on any atom is -0.481 e. The van der Waals surface area contributed by atoms with E-state index in [1.165, 1.54) is 0 Å². The molecule has 2 saturated carbocycles. The van der Waals surface area contributed by atoms with Gasteiger partial charge in [0.2, 0.25) is 5.91 Å². The highest BCUT2D eigenvalue weighted by Gasteiger charge is 2.56. The number of carboxylic acids is 1. The van der Waals surface area contributed by atoms with Crippen LogP contribution in [0.4, 0.5) is 22.0 Å². The topological polar surface area (TPSA) is 66.4 Å². The van der Waals surface area contributed by atoms with E-state index in [9.17, 15) is 31.5 Å². The lowest BCUT2D eigenvalue weighted by Gasteiger charge is -2.37. The molecule has 1 amide bonds. The number of hydrogen-bond acceptors (Lipinski definition) is 2. The van der Waals surface area contributed by atoms with Crippen LogP contribution in [0.25, 0.3) is 0 Å². The predicted octanol–water partition coefficient (Wildman–Crippen LogP) is 3.24. The van der Waals surface area contributed by atoms with Gasteiger partial charge in [-0.3, -0.25) is 9.59 Å². The van der Waals surface area contributed by atoms with E-state index >= 15 is 0 Å². The van der Waals surface area contributed by atoms with Crippen molar-refractivity contribution in [2.75, 3.05) is 0 Å². The van der Waals surface area contributed by atoms with Crippen LogP contribution in [0.2, 0.25) is 0 Å². The van der Waals surface area contributed by atoms with Gasteiger partial charge in [0.1, 0.15) is 18.3 Å². The molecule has 26 heavy (non-hydrogen) atoms. The lowest BCUT2D eigenvalue weighted by atomic mass is 9.80. The molecule has 0 bridgehead atoms. The van der Waals surface area contributed by atoms with Crippen molar-refractivity contribution in [3.05, 3.63) is 0 Å². The van der Waals surface area contributed by atoms with Gasteiger partial charge in [0, 0.05) is 12.5 Å². The van der Waals surface area contributed by atoms with Crippen LogP contribution in [0.3, 0.4) is 0 Å². The molecule has 2 fully saturated rings. The van der Waals surface area contributed by atoms with Gasteiger partial charge in [-0.2, -0.15) is 0 Å². The Morgan fingerprint density at radius 1 is 0.846 bits per heavy atom. The van der Waals surface area contributed by atoms with Gasteiger partial charge in [0.25, 0.3) is 0 Å². The van der Waals surface area contributed by atoms with Gasteiger partial charge in [0.05, 0.1) is 0 Å². The van der Waals surface area contributed by atoms with Crippen molar-refractivity contribution in [3.8, 4) is 0 Å². The van der Waals surface area contributed by atoms with Crippen molar-refractivity contribution in [2.24, 2.45) is 11.8 Å². The second-order valence-corrected chi connectivity index (χ2v) is 7.26. The quantitative estimate of drug-likeness (QED) is 0.690. The number of alkyl halides is 5. The summed E-state index contributed by atoms with van der Waals surface area (Å²) in [6, 6.07) is -0.364. The molecule has 0 heterocycles. The van der Waals surface area contributed by atoms with Crippen LogP contribution >= 0.6 is 0 Å². The first kappa shape index (κ1) is 20.9. The maximum absolute atomic E-state index is 13.9. The fraction of sp³-hybridized carbons (Fsp3) is 0.882. The van der Waals surface area contributed by atoms with Crippen molar-refractivity contribution in [3.63, 3.8) is 0 Å². The summed E-state index contributed by atoms with van der Waals surface area (Å²) in [5.74, 6) is -3.86. The first-order valence-corrected chi connectivity index (χ1v) is 8.95. The number of nitrogens with one attached hydrogen (secondary N) is 1. The molecule has 0 radical (unpaired) electrons. The fourth-order valence-electron chi connectivity index (χ4n) is 3.82. The third kappa shape index (κ3) is 4.85. The van der Waals surface area contributed by atoms with Crippen molar-refractivity contribution in [1.82, 2.24) is 5.32 Å². The van der Waals surface area contributed by atoms with Crippen molar-refractivity contribution in [1.29, 1.82) is 0 Å². The smallest absolute Gasteiger partial charge is 0.303 e. The van der Waals surface area contributed by atoms with Crippen molar-refractivity contribution < 1.29 is 36.6 Å². The summed E-state index contributed by atoms with van der Waals surface area (Å²) in [4.78, 5) is 22.6. The van der Waals surface area contributed by atoms with E-state index in [0.717, 1.165) is 19.3 Å². The summed E-state index contributed by atoms with van der Waals surface area (Å²) < 4.78 is 67.7. The molecule has 9 heteroatoms. The molecular weight excluding hydrogens is 361 g/mol. The van der Waals surface area contributed by atoms with E-state index in [4.69, 9.17) is 5.11 Å². The third-order valence-corrected chi connectivity index (χ3v) is 5.40. The highest BCUT2D eigenvalue weighted by molar-refractivity contribution is 5.80. The largest absolute Gasteiger partial charge is 0.481 e. The van der Waals surface area contributed by atoms with E-state index in [1.807, 2.05) is 0 Å². The van der Waals surface area contributed by atoms with E-state index in [2.05, 4.69) is 5.32 Å². The van der Waals surface area contributed by atoms with Crippen LogP contribution in [-0.2, 0) is 9.59 Å². The number of amides is 1. The minimum atomic E-state index is -2.91. The average molecular weight is 385 g/mol. The van der Waals surface area contributed by atoms with E-state index < -0.39 is 48.7 Å². The van der Waals surface area contributed by atoms with Gasteiger partial charge in [-0.1, -0.05) is 0 Å². The molecule has 0 aromatic carbocycles. The van der Waals surface area contributed by atoms with E-state index in [1.54, 1.807) is 0 Å². The Hall–Kier alpha value is -1.41. The van der Waals surface area contributed by atoms with Crippen LogP contribution in [0.15, 0.2) is 0 Å². The monoisotopic (exact) mass is 385 g/mol.